The Morgan fingerprint density at radius 1 is 1.37 bits per heavy atom. The smallest absolute Gasteiger partial charge is 0.254 e. The van der Waals surface area contributed by atoms with Crippen LogP contribution >= 0.6 is 0 Å². The third-order valence-electron chi connectivity index (χ3n) is 5.63. The molecule has 0 bridgehead atoms. The second-order valence-electron chi connectivity index (χ2n) is 7.73. The highest BCUT2D eigenvalue weighted by molar-refractivity contribution is 6.02. The summed E-state index contributed by atoms with van der Waals surface area (Å²) < 4.78 is 1.71. The lowest BCUT2D eigenvalue weighted by molar-refractivity contribution is -0.117. The largest absolute Gasteiger partial charge is 0.365 e. The monoisotopic (exact) mass is 372 g/mol. The van der Waals surface area contributed by atoms with Crippen LogP contribution in [0.15, 0.2) is 6.20 Å². The standard InChI is InChI=1S/C19H28N6O2/c1-3-10-22-14-6-8-19(9-7-14,12-21-2)25-11-15(16(20)26)17(24-25)23-18(27)13-4-5-13/h11,13-14,22H,3-10,12H2,1H3,(H2,20,26)(H,23,24,27). The van der Waals surface area contributed by atoms with E-state index < -0.39 is 11.4 Å². The van der Waals surface area contributed by atoms with E-state index in [1.807, 2.05) is 0 Å². The Morgan fingerprint density at radius 2 is 2.07 bits per heavy atom. The summed E-state index contributed by atoms with van der Waals surface area (Å²) in [5.41, 5.74) is 5.25. The first-order chi connectivity index (χ1) is 13.0. The molecule has 0 aromatic carbocycles. The lowest BCUT2D eigenvalue weighted by atomic mass is 9.79. The maximum absolute atomic E-state index is 12.1. The zero-order valence-corrected chi connectivity index (χ0v) is 15.8. The summed E-state index contributed by atoms with van der Waals surface area (Å²) in [5.74, 6) is -0.513. The highest BCUT2D eigenvalue weighted by Gasteiger charge is 2.42. The summed E-state index contributed by atoms with van der Waals surface area (Å²) in [4.78, 5) is 27.6. The van der Waals surface area contributed by atoms with Gasteiger partial charge in [0.15, 0.2) is 5.82 Å². The van der Waals surface area contributed by atoms with E-state index in [0.29, 0.717) is 12.6 Å². The predicted molar refractivity (Wildman–Crippen MR) is 102 cm³/mol. The molecule has 0 aliphatic heterocycles. The fraction of sp³-hybridized carbons (Fsp3) is 0.684. The minimum absolute atomic E-state index is 0.00755. The van der Waals surface area contributed by atoms with Crippen molar-refractivity contribution < 1.29 is 9.59 Å². The molecule has 2 saturated carbocycles. The van der Waals surface area contributed by atoms with Gasteiger partial charge in [0.2, 0.25) is 12.5 Å². The van der Waals surface area contributed by atoms with Crippen molar-refractivity contribution in [1.82, 2.24) is 15.1 Å². The molecule has 2 amide bonds. The van der Waals surface area contributed by atoms with E-state index >= 15 is 0 Å². The van der Waals surface area contributed by atoms with E-state index in [1.54, 1.807) is 10.9 Å². The molecule has 1 heterocycles. The number of hydrogen-bond donors (Lipinski definition) is 3. The van der Waals surface area contributed by atoms with Gasteiger partial charge in [-0.1, -0.05) is 6.92 Å². The Hall–Kier alpha value is -2.40. The van der Waals surface area contributed by atoms with Gasteiger partial charge in [0.25, 0.3) is 5.91 Å². The van der Waals surface area contributed by atoms with E-state index in [0.717, 1.165) is 51.5 Å². The Bertz CT molecular complexity index is 738. The van der Waals surface area contributed by atoms with Gasteiger partial charge in [0, 0.05) is 18.2 Å². The summed E-state index contributed by atoms with van der Waals surface area (Å²) in [7, 11) is 0. The maximum Gasteiger partial charge on any atom is 0.254 e. The summed E-state index contributed by atoms with van der Waals surface area (Å²) in [6.07, 6.45) is 7.93. The van der Waals surface area contributed by atoms with Crippen LogP contribution < -0.4 is 16.4 Å². The minimum Gasteiger partial charge on any atom is -0.365 e. The van der Waals surface area contributed by atoms with Gasteiger partial charge in [-0.15, -0.1) is 0 Å². The molecule has 0 saturated heterocycles. The molecule has 4 N–H and O–H groups in total. The van der Waals surface area contributed by atoms with E-state index in [-0.39, 0.29) is 23.2 Å². The topological polar surface area (TPSA) is 106 Å². The van der Waals surface area contributed by atoms with E-state index in [2.05, 4.69) is 27.5 Å². The number of carbonyl (C=O) groups excluding carboxylic acids is 2. The fourth-order valence-corrected chi connectivity index (χ4v) is 3.77. The molecule has 0 spiro atoms. The molecule has 2 fully saturated rings. The third-order valence-corrected chi connectivity index (χ3v) is 5.63. The lowest BCUT2D eigenvalue weighted by Gasteiger charge is -2.37. The van der Waals surface area contributed by atoms with Crippen LogP contribution in [0.3, 0.4) is 0 Å². The average molecular weight is 372 g/mol. The Kier molecular flexibility index (Phi) is 5.80. The first-order valence-electron chi connectivity index (χ1n) is 9.76. The number of nitrogens with two attached hydrogens (primary N) is 1. The molecule has 27 heavy (non-hydrogen) atoms. The normalized spacial score (nSPS) is 25.0. The lowest BCUT2D eigenvalue weighted by Crippen LogP contribution is -2.45. The van der Waals surface area contributed by atoms with Crippen LogP contribution in [0, 0.1) is 12.5 Å². The second kappa shape index (κ2) is 8.09. The van der Waals surface area contributed by atoms with Crippen LogP contribution in [0.25, 0.3) is 4.85 Å². The highest BCUT2D eigenvalue weighted by Crippen LogP contribution is 2.37. The van der Waals surface area contributed by atoms with Crippen LogP contribution in [0.1, 0.15) is 62.2 Å². The molecule has 8 nitrogen and oxygen atoms in total. The highest BCUT2D eigenvalue weighted by atomic mass is 16.2. The first kappa shape index (κ1) is 19.4. The van der Waals surface area contributed by atoms with Crippen molar-refractivity contribution in [3.05, 3.63) is 23.2 Å². The van der Waals surface area contributed by atoms with Crippen molar-refractivity contribution in [1.29, 1.82) is 0 Å². The van der Waals surface area contributed by atoms with Crippen molar-refractivity contribution in [3.63, 3.8) is 0 Å². The van der Waals surface area contributed by atoms with Crippen LogP contribution in [-0.2, 0) is 10.3 Å². The first-order valence-corrected chi connectivity index (χ1v) is 9.76. The van der Waals surface area contributed by atoms with Gasteiger partial charge in [-0.2, -0.15) is 5.10 Å². The molecule has 2 aliphatic rings. The Morgan fingerprint density at radius 3 is 2.63 bits per heavy atom. The molecule has 3 rings (SSSR count). The second-order valence-corrected chi connectivity index (χ2v) is 7.73. The number of nitrogens with one attached hydrogen (secondary N) is 2. The number of nitrogens with zero attached hydrogens (tertiary/aromatic N) is 3. The van der Waals surface area contributed by atoms with Crippen LogP contribution in [0.5, 0.6) is 0 Å². The minimum atomic E-state index is -0.622. The third kappa shape index (κ3) is 4.30. The molecule has 0 radical (unpaired) electrons. The number of hydrogen-bond acceptors (Lipinski definition) is 4. The molecule has 2 aliphatic carbocycles. The Balaban J connectivity index is 1.82. The number of anilines is 1. The van der Waals surface area contributed by atoms with Crippen LogP contribution in [0.2, 0.25) is 0 Å². The fourth-order valence-electron chi connectivity index (χ4n) is 3.77. The summed E-state index contributed by atoms with van der Waals surface area (Å²) >= 11 is 0. The van der Waals surface area contributed by atoms with E-state index in [4.69, 9.17) is 12.3 Å². The van der Waals surface area contributed by atoms with Gasteiger partial charge in [-0.25, -0.2) is 6.57 Å². The molecule has 1 aromatic rings. The van der Waals surface area contributed by atoms with Crippen molar-refractivity contribution >= 4 is 17.6 Å². The predicted octanol–water partition coefficient (Wildman–Crippen LogP) is 1.89. The van der Waals surface area contributed by atoms with Gasteiger partial charge >= 0.3 is 0 Å². The van der Waals surface area contributed by atoms with Crippen molar-refractivity contribution in [2.75, 3.05) is 18.4 Å². The van der Waals surface area contributed by atoms with Gasteiger partial charge in [-0.3, -0.25) is 14.3 Å². The zero-order chi connectivity index (χ0) is 19.4. The molecular formula is C19H28N6O2. The average Bonchev–Trinajstić information content (AvgIpc) is 3.42. The number of primary amides is 1. The molecule has 0 unspecified atom stereocenters. The molecule has 146 valence electrons. The SMILES string of the molecule is [C-]#[N+]CC1(n2cc(C(N)=O)c(NC(=O)C3CC3)n2)CCC(NCCC)CC1. The van der Waals surface area contributed by atoms with Gasteiger partial charge < -0.3 is 21.2 Å². The number of amides is 2. The van der Waals surface area contributed by atoms with Gasteiger partial charge in [0.05, 0.1) is 0 Å². The quantitative estimate of drug-likeness (QED) is 0.606. The number of aromatic nitrogens is 2. The maximum atomic E-state index is 12.1. The van der Waals surface area contributed by atoms with Crippen LogP contribution in [-0.4, -0.2) is 40.7 Å². The Labute approximate surface area is 159 Å². The summed E-state index contributed by atoms with van der Waals surface area (Å²) in [6.45, 7) is 10.8. The van der Waals surface area contributed by atoms with Crippen molar-refractivity contribution in [2.24, 2.45) is 11.7 Å². The zero-order valence-electron chi connectivity index (χ0n) is 15.8. The molecular weight excluding hydrogens is 344 g/mol. The van der Waals surface area contributed by atoms with Crippen molar-refractivity contribution in [3.8, 4) is 0 Å². The van der Waals surface area contributed by atoms with Gasteiger partial charge in [-0.05, 0) is 51.5 Å². The molecule has 1 aromatic heterocycles. The van der Waals surface area contributed by atoms with E-state index in [1.165, 1.54) is 0 Å². The molecule has 8 heteroatoms. The number of rotatable bonds is 8. The van der Waals surface area contributed by atoms with E-state index in [9.17, 15) is 9.59 Å². The molecule has 0 atom stereocenters. The van der Waals surface area contributed by atoms with Crippen molar-refractivity contribution in [2.45, 2.75) is 63.5 Å². The van der Waals surface area contributed by atoms with Crippen LogP contribution in [0.4, 0.5) is 5.82 Å². The summed E-state index contributed by atoms with van der Waals surface area (Å²) in [5, 5.41) is 10.8. The van der Waals surface area contributed by atoms with Gasteiger partial charge in [0.1, 0.15) is 11.1 Å². The summed E-state index contributed by atoms with van der Waals surface area (Å²) in [6, 6.07) is 0.448. The number of carbonyl (C=O) groups is 2.